The van der Waals surface area contributed by atoms with Gasteiger partial charge in [0.2, 0.25) is 5.91 Å². The van der Waals surface area contributed by atoms with E-state index < -0.39 is 0 Å². The number of likely N-dealkylation sites (tertiary alicyclic amines) is 1. The van der Waals surface area contributed by atoms with Crippen LogP contribution in [-0.4, -0.2) is 35.5 Å². The summed E-state index contributed by atoms with van der Waals surface area (Å²) in [5, 5.41) is 3.07. The average Bonchev–Trinajstić information content (AvgIpc) is 2.86. The van der Waals surface area contributed by atoms with Gasteiger partial charge in [-0.05, 0) is 25.7 Å². The average molecular weight is 180 g/mol. The number of nitrogens with one attached hydrogen (secondary N) is 1. The van der Waals surface area contributed by atoms with E-state index in [-0.39, 0.29) is 11.4 Å². The maximum atomic E-state index is 10.9. The summed E-state index contributed by atoms with van der Waals surface area (Å²) in [5.74, 6) is 0.250. The lowest BCUT2D eigenvalue weighted by Gasteiger charge is -2.48. The second kappa shape index (κ2) is 2.47. The smallest absolute Gasteiger partial charge is 0.222 e. The third kappa shape index (κ3) is 1.26. The summed E-state index contributed by atoms with van der Waals surface area (Å²) in [7, 11) is 0. The Hall–Kier alpha value is -0.570. The summed E-state index contributed by atoms with van der Waals surface area (Å²) in [6.07, 6.45) is 5.94. The highest BCUT2D eigenvalue weighted by atomic mass is 16.2. The zero-order valence-corrected chi connectivity index (χ0v) is 7.88. The molecule has 72 valence electrons. The first-order valence-corrected chi connectivity index (χ1v) is 5.33. The standard InChI is InChI=1S/C10H16N2O/c13-9-7-10(11-9)3-5-12(6-4-10)8-1-2-8/h8H,1-7H2,(H,11,13). The van der Waals surface area contributed by atoms with Gasteiger partial charge in [0, 0.05) is 25.6 Å². The van der Waals surface area contributed by atoms with Crippen LogP contribution < -0.4 is 5.32 Å². The Morgan fingerprint density at radius 3 is 2.38 bits per heavy atom. The van der Waals surface area contributed by atoms with Crippen molar-refractivity contribution in [3.8, 4) is 0 Å². The SMILES string of the molecule is O=C1CC2(CCN(C3CC3)CC2)N1. The van der Waals surface area contributed by atoms with Crippen molar-refractivity contribution >= 4 is 5.91 Å². The summed E-state index contributed by atoms with van der Waals surface area (Å²) in [6, 6.07) is 0.896. The highest BCUT2D eigenvalue weighted by Gasteiger charge is 2.46. The second-order valence-corrected chi connectivity index (χ2v) is 4.77. The molecule has 3 fully saturated rings. The van der Waals surface area contributed by atoms with Crippen molar-refractivity contribution in [3.63, 3.8) is 0 Å². The van der Waals surface area contributed by atoms with Crippen molar-refractivity contribution in [3.05, 3.63) is 0 Å². The minimum atomic E-state index is 0.225. The number of nitrogens with zero attached hydrogens (tertiary/aromatic N) is 1. The van der Waals surface area contributed by atoms with Crippen LogP contribution in [0.4, 0.5) is 0 Å². The third-order valence-electron chi connectivity index (χ3n) is 3.72. The van der Waals surface area contributed by atoms with Crippen molar-refractivity contribution in [2.75, 3.05) is 13.1 Å². The highest BCUT2D eigenvalue weighted by Crippen LogP contribution is 2.36. The van der Waals surface area contributed by atoms with Gasteiger partial charge in [0.05, 0.1) is 5.54 Å². The van der Waals surface area contributed by atoms with E-state index in [0.717, 1.165) is 12.5 Å². The monoisotopic (exact) mass is 180 g/mol. The molecule has 1 saturated carbocycles. The van der Waals surface area contributed by atoms with Gasteiger partial charge in [0.15, 0.2) is 0 Å². The molecule has 1 spiro atoms. The molecule has 3 aliphatic rings. The molecule has 2 heterocycles. The first-order chi connectivity index (χ1) is 6.27. The summed E-state index contributed by atoms with van der Waals surface area (Å²) < 4.78 is 0. The molecule has 1 amide bonds. The van der Waals surface area contributed by atoms with Gasteiger partial charge < -0.3 is 10.2 Å². The Labute approximate surface area is 78.5 Å². The van der Waals surface area contributed by atoms with E-state index >= 15 is 0 Å². The number of hydrogen-bond acceptors (Lipinski definition) is 2. The minimum Gasteiger partial charge on any atom is -0.350 e. The molecule has 3 heteroatoms. The van der Waals surface area contributed by atoms with E-state index in [4.69, 9.17) is 0 Å². The second-order valence-electron chi connectivity index (χ2n) is 4.77. The van der Waals surface area contributed by atoms with Gasteiger partial charge in [-0.15, -0.1) is 0 Å². The Morgan fingerprint density at radius 1 is 1.31 bits per heavy atom. The maximum absolute atomic E-state index is 10.9. The summed E-state index contributed by atoms with van der Waals surface area (Å²) in [6.45, 7) is 2.40. The van der Waals surface area contributed by atoms with Crippen molar-refractivity contribution in [1.82, 2.24) is 10.2 Å². The maximum Gasteiger partial charge on any atom is 0.222 e. The van der Waals surface area contributed by atoms with Crippen molar-refractivity contribution < 1.29 is 4.79 Å². The summed E-state index contributed by atoms with van der Waals surface area (Å²) >= 11 is 0. The predicted molar refractivity (Wildman–Crippen MR) is 49.3 cm³/mol. The number of β-lactam (4-membered cyclic amide) rings is 1. The van der Waals surface area contributed by atoms with Crippen LogP contribution in [0.1, 0.15) is 32.1 Å². The number of carbonyl (C=O) groups is 1. The van der Waals surface area contributed by atoms with E-state index in [1.807, 2.05) is 0 Å². The predicted octanol–water partition coefficient (Wildman–Crippen LogP) is 0.503. The number of hydrogen-bond donors (Lipinski definition) is 1. The van der Waals surface area contributed by atoms with E-state index in [0.29, 0.717) is 0 Å². The van der Waals surface area contributed by atoms with Gasteiger partial charge >= 0.3 is 0 Å². The molecule has 0 aromatic heterocycles. The third-order valence-corrected chi connectivity index (χ3v) is 3.72. The fourth-order valence-corrected chi connectivity index (χ4v) is 2.64. The van der Waals surface area contributed by atoms with Crippen LogP contribution in [0.2, 0.25) is 0 Å². The van der Waals surface area contributed by atoms with Crippen LogP contribution in [-0.2, 0) is 4.79 Å². The van der Waals surface area contributed by atoms with Gasteiger partial charge in [-0.3, -0.25) is 4.79 Å². The fourth-order valence-electron chi connectivity index (χ4n) is 2.64. The van der Waals surface area contributed by atoms with Gasteiger partial charge in [-0.2, -0.15) is 0 Å². The molecule has 2 saturated heterocycles. The van der Waals surface area contributed by atoms with Gasteiger partial charge in [-0.1, -0.05) is 0 Å². The first kappa shape index (κ1) is 7.80. The van der Waals surface area contributed by atoms with Crippen LogP contribution >= 0.6 is 0 Å². The Kier molecular flexibility index (Phi) is 1.48. The Morgan fingerprint density at radius 2 is 1.92 bits per heavy atom. The van der Waals surface area contributed by atoms with E-state index in [1.54, 1.807) is 0 Å². The number of carbonyl (C=O) groups excluding carboxylic acids is 1. The van der Waals surface area contributed by atoms with Gasteiger partial charge in [-0.25, -0.2) is 0 Å². The molecular formula is C10H16N2O. The number of amides is 1. The molecule has 0 unspecified atom stereocenters. The van der Waals surface area contributed by atoms with E-state index in [1.165, 1.54) is 38.8 Å². The zero-order chi connectivity index (χ0) is 8.89. The summed E-state index contributed by atoms with van der Waals surface area (Å²) in [5.41, 5.74) is 0.225. The topological polar surface area (TPSA) is 32.3 Å². The molecule has 1 aliphatic carbocycles. The minimum absolute atomic E-state index is 0.225. The lowest BCUT2D eigenvalue weighted by Crippen LogP contribution is -2.65. The molecular weight excluding hydrogens is 164 g/mol. The molecule has 13 heavy (non-hydrogen) atoms. The van der Waals surface area contributed by atoms with Crippen molar-refractivity contribution in [1.29, 1.82) is 0 Å². The number of piperidine rings is 1. The molecule has 0 aromatic carbocycles. The highest BCUT2D eigenvalue weighted by molar-refractivity contribution is 5.84. The largest absolute Gasteiger partial charge is 0.350 e. The molecule has 0 bridgehead atoms. The molecule has 3 nitrogen and oxygen atoms in total. The molecule has 1 N–H and O–H groups in total. The van der Waals surface area contributed by atoms with Crippen molar-refractivity contribution in [2.45, 2.75) is 43.7 Å². The van der Waals surface area contributed by atoms with Crippen LogP contribution in [0.3, 0.4) is 0 Å². The van der Waals surface area contributed by atoms with Crippen LogP contribution in [0.25, 0.3) is 0 Å². The lowest BCUT2D eigenvalue weighted by atomic mass is 9.78. The Balaban J connectivity index is 1.57. The van der Waals surface area contributed by atoms with Crippen LogP contribution in [0.5, 0.6) is 0 Å². The van der Waals surface area contributed by atoms with Gasteiger partial charge in [0.1, 0.15) is 0 Å². The molecule has 3 rings (SSSR count). The zero-order valence-electron chi connectivity index (χ0n) is 7.88. The van der Waals surface area contributed by atoms with Crippen LogP contribution in [0.15, 0.2) is 0 Å². The van der Waals surface area contributed by atoms with Gasteiger partial charge in [0.25, 0.3) is 0 Å². The molecule has 0 atom stereocenters. The van der Waals surface area contributed by atoms with E-state index in [9.17, 15) is 4.79 Å². The summed E-state index contributed by atoms with van der Waals surface area (Å²) in [4.78, 5) is 13.5. The van der Waals surface area contributed by atoms with Crippen molar-refractivity contribution in [2.24, 2.45) is 0 Å². The normalized spacial score (nSPS) is 32.8. The quantitative estimate of drug-likeness (QED) is 0.596. The molecule has 2 aliphatic heterocycles. The van der Waals surface area contributed by atoms with Crippen LogP contribution in [0, 0.1) is 0 Å². The molecule has 0 radical (unpaired) electrons. The number of rotatable bonds is 1. The van der Waals surface area contributed by atoms with E-state index in [2.05, 4.69) is 10.2 Å². The fraction of sp³-hybridized carbons (Fsp3) is 0.900. The Bertz CT molecular complexity index is 229. The lowest BCUT2D eigenvalue weighted by molar-refractivity contribution is -0.134. The first-order valence-electron chi connectivity index (χ1n) is 5.33. The molecule has 0 aromatic rings.